The normalized spacial score (nSPS) is 20.9. The van der Waals surface area contributed by atoms with Crippen LogP contribution in [0.15, 0.2) is 30.9 Å². The molecule has 0 amide bonds. The van der Waals surface area contributed by atoms with Crippen LogP contribution in [-0.4, -0.2) is 36.0 Å². The minimum absolute atomic E-state index is 0.137. The first-order valence-electron chi connectivity index (χ1n) is 10.3. The van der Waals surface area contributed by atoms with Gasteiger partial charge in [-0.2, -0.15) is 5.10 Å². The Hall–Kier alpha value is -2.96. The van der Waals surface area contributed by atoms with Crippen molar-refractivity contribution in [3.05, 3.63) is 53.2 Å². The van der Waals surface area contributed by atoms with Gasteiger partial charge >= 0.3 is 5.97 Å². The van der Waals surface area contributed by atoms with E-state index in [0.29, 0.717) is 24.7 Å². The Labute approximate surface area is 168 Å². The molecule has 5 rings (SSSR count). The van der Waals surface area contributed by atoms with Crippen LogP contribution in [0.1, 0.15) is 78.0 Å². The van der Waals surface area contributed by atoms with Gasteiger partial charge < -0.3 is 9.51 Å². The summed E-state index contributed by atoms with van der Waals surface area (Å²) in [5.74, 6) is 0.416. The summed E-state index contributed by atoms with van der Waals surface area (Å²) in [5, 5.41) is 13.2. The van der Waals surface area contributed by atoms with E-state index in [1.54, 1.807) is 4.68 Å². The molecule has 29 heavy (non-hydrogen) atoms. The lowest BCUT2D eigenvalue weighted by molar-refractivity contribution is -0.120. The molecule has 2 atom stereocenters. The molecule has 0 spiro atoms. The highest BCUT2D eigenvalue weighted by Crippen LogP contribution is 2.51. The Kier molecular flexibility index (Phi) is 4.26. The number of carbonyl (C=O) groups is 2. The zero-order valence-electron chi connectivity index (χ0n) is 16.4. The largest absolute Gasteiger partial charge is 0.478 e. The van der Waals surface area contributed by atoms with Gasteiger partial charge in [0.15, 0.2) is 0 Å². The smallest absolute Gasteiger partial charge is 0.338 e. The van der Waals surface area contributed by atoms with Crippen molar-refractivity contribution in [2.24, 2.45) is 5.92 Å². The standard InChI is InChI=1S/C22H24N4O3/c1-2-3-20(27)18-7-17(18)19-6-14(13-4-5-13)9-25-11-16(24-21(19)25)12-26-10-15(8-23-26)22(28)29/h6,8-11,13,17-18H,2-5,7,12H2,1H3,(H,28,29). The minimum atomic E-state index is -0.987. The number of hydrogen-bond donors (Lipinski definition) is 1. The molecule has 7 nitrogen and oxygen atoms in total. The van der Waals surface area contributed by atoms with Crippen molar-refractivity contribution in [1.82, 2.24) is 19.2 Å². The van der Waals surface area contributed by atoms with E-state index in [4.69, 9.17) is 10.1 Å². The molecule has 2 aliphatic carbocycles. The number of nitrogens with zero attached hydrogens (tertiary/aromatic N) is 4. The molecule has 1 N–H and O–H groups in total. The molecule has 150 valence electrons. The number of hydrogen-bond acceptors (Lipinski definition) is 4. The van der Waals surface area contributed by atoms with E-state index >= 15 is 0 Å². The number of imidazole rings is 1. The van der Waals surface area contributed by atoms with E-state index < -0.39 is 5.97 Å². The molecule has 0 bridgehead atoms. The lowest BCUT2D eigenvalue weighted by atomic mass is 10.0. The fourth-order valence-corrected chi connectivity index (χ4v) is 4.24. The quantitative estimate of drug-likeness (QED) is 0.632. The number of carbonyl (C=O) groups excluding carboxylic acids is 1. The Bertz CT molecular complexity index is 1110. The molecule has 3 aromatic rings. The second-order valence-electron chi connectivity index (χ2n) is 8.36. The number of ketones is 1. The molecule has 0 radical (unpaired) electrons. The molecule has 0 aromatic carbocycles. The second kappa shape index (κ2) is 6.83. The number of aromatic carboxylic acids is 1. The first-order valence-corrected chi connectivity index (χ1v) is 10.3. The topological polar surface area (TPSA) is 89.5 Å². The van der Waals surface area contributed by atoms with Gasteiger partial charge in [0.05, 0.1) is 24.0 Å². The predicted octanol–water partition coefficient (Wildman–Crippen LogP) is 3.63. The van der Waals surface area contributed by atoms with Crippen LogP contribution >= 0.6 is 0 Å². The van der Waals surface area contributed by atoms with Crippen molar-refractivity contribution in [3.63, 3.8) is 0 Å². The zero-order chi connectivity index (χ0) is 20.1. The summed E-state index contributed by atoms with van der Waals surface area (Å²) in [5.41, 5.74) is 4.42. The van der Waals surface area contributed by atoms with Crippen LogP contribution in [0.4, 0.5) is 0 Å². The first kappa shape index (κ1) is 18.1. The Morgan fingerprint density at radius 1 is 1.24 bits per heavy atom. The third-order valence-electron chi connectivity index (χ3n) is 6.00. The summed E-state index contributed by atoms with van der Waals surface area (Å²) in [6.07, 6.45) is 11.9. The number of rotatable bonds is 8. The lowest BCUT2D eigenvalue weighted by Gasteiger charge is -2.07. The van der Waals surface area contributed by atoms with Crippen molar-refractivity contribution in [1.29, 1.82) is 0 Å². The van der Waals surface area contributed by atoms with Gasteiger partial charge in [-0.3, -0.25) is 9.48 Å². The van der Waals surface area contributed by atoms with E-state index in [1.165, 1.54) is 36.4 Å². The maximum atomic E-state index is 12.4. The van der Waals surface area contributed by atoms with Crippen molar-refractivity contribution in [2.75, 3.05) is 0 Å². The summed E-state index contributed by atoms with van der Waals surface area (Å²) in [7, 11) is 0. The number of pyridine rings is 1. The third kappa shape index (κ3) is 3.45. The van der Waals surface area contributed by atoms with Gasteiger partial charge in [0.25, 0.3) is 0 Å². The molecule has 2 saturated carbocycles. The van der Waals surface area contributed by atoms with E-state index in [-0.39, 0.29) is 17.4 Å². The molecule has 7 heteroatoms. The number of Topliss-reactive ketones (excluding diaryl/α,β-unsaturated/α-hetero) is 1. The van der Waals surface area contributed by atoms with Gasteiger partial charge in [0.2, 0.25) is 0 Å². The molecule has 2 aliphatic rings. The maximum Gasteiger partial charge on any atom is 0.338 e. The molecule has 0 saturated heterocycles. The van der Waals surface area contributed by atoms with Gasteiger partial charge in [0.1, 0.15) is 11.4 Å². The van der Waals surface area contributed by atoms with Gasteiger partial charge in [-0.05, 0) is 48.6 Å². The minimum Gasteiger partial charge on any atom is -0.478 e. The van der Waals surface area contributed by atoms with E-state index in [2.05, 4.69) is 21.8 Å². The average molecular weight is 392 g/mol. The highest BCUT2D eigenvalue weighted by Gasteiger charge is 2.44. The summed E-state index contributed by atoms with van der Waals surface area (Å²) in [4.78, 5) is 28.3. The summed E-state index contributed by atoms with van der Waals surface area (Å²) in [6, 6.07) is 2.27. The SMILES string of the molecule is CCCC(=O)C1CC1c1cc(C2CC2)cn2cc(Cn3cc(C(=O)O)cn3)nc12. The van der Waals surface area contributed by atoms with Crippen molar-refractivity contribution < 1.29 is 14.7 Å². The monoisotopic (exact) mass is 392 g/mol. The Morgan fingerprint density at radius 2 is 2.07 bits per heavy atom. The highest BCUT2D eigenvalue weighted by molar-refractivity contribution is 5.87. The van der Waals surface area contributed by atoms with E-state index in [1.807, 2.05) is 13.1 Å². The fourth-order valence-electron chi connectivity index (χ4n) is 4.24. The van der Waals surface area contributed by atoms with Crippen molar-refractivity contribution in [3.8, 4) is 0 Å². The maximum absolute atomic E-state index is 12.4. The summed E-state index contributed by atoms with van der Waals surface area (Å²) in [6.45, 7) is 2.46. The van der Waals surface area contributed by atoms with Crippen molar-refractivity contribution >= 4 is 17.4 Å². The third-order valence-corrected chi connectivity index (χ3v) is 6.00. The molecule has 2 unspecified atom stereocenters. The lowest BCUT2D eigenvalue weighted by Crippen LogP contribution is -2.03. The van der Waals surface area contributed by atoms with Gasteiger partial charge in [-0.15, -0.1) is 0 Å². The molecule has 0 aliphatic heterocycles. The van der Waals surface area contributed by atoms with E-state index in [0.717, 1.165) is 24.2 Å². The van der Waals surface area contributed by atoms with Crippen LogP contribution in [0.2, 0.25) is 0 Å². The van der Waals surface area contributed by atoms with Gasteiger partial charge in [-0.25, -0.2) is 9.78 Å². The van der Waals surface area contributed by atoms with E-state index in [9.17, 15) is 9.59 Å². The average Bonchev–Trinajstić information content (AvgIpc) is 3.60. The summed E-state index contributed by atoms with van der Waals surface area (Å²) >= 11 is 0. The van der Waals surface area contributed by atoms with Gasteiger partial charge in [-0.1, -0.05) is 13.0 Å². The van der Waals surface area contributed by atoms with Crippen LogP contribution in [0.25, 0.3) is 5.65 Å². The fraction of sp³-hybridized carbons (Fsp3) is 0.455. The number of carboxylic acids is 1. The predicted molar refractivity (Wildman–Crippen MR) is 106 cm³/mol. The molecule has 2 fully saturated rings. The van der Waals surface area contributed by atoms with Crippen LogP contribution in [0.5, 0.6) is 0 Å². The van der Waals surface area contributed by atoms with Gasteiger partial charge in [0, 0.05) is 30.9 Å². The number of aromatic nitrogens is 4. The number of fused-ring (bicyclic) bond motifs is 1. The van der Waals surface area contributed by atoms with Crippen LogP contribution < -0.4 is 0 Å². The van der Waals surface area contributed by atoms with Crippen molar-refractivity contribution in [2.45, 2.75) is 57.4 Å². The first-order chi connectivity index (χ1) is 14.0. The molecule has 3 heterocycles. The molecular formula is C22H24N4O3. The van der Waals surface area contributed by atoms with Crippen LogP contribution in [-0.2, 0) is 11.3 Å². The zero-order valence-corrected chi connectivity index (χ0v) is 16.4. The highest BCUT2D eigenvalue weighted by atomic mass is 16.4. The Morgan fingerprint density at radius 3 is 2.76 bits per heavy atom. The summed E-state index contributed by atoms with van der Waals surface area (Å²) < 4.78 is 3.68. The van der Waals surface area contributed by atoms with Crippen LogP contribution in [0, 0.1) is 5.92 Å². The second-order valence-corrected chi connectivity index (χ2v) is 8.36. The molecular weight excluding hydrogens is 368 g/mol. The Balaban J connectivity index is 1.47. The molecule has 3 aromatic heterocycles. The van der Waals surface area contributed by atoms with Crippen LogP contribution in [0.3, 0.4) is 0 Å². The number of carboxylic acid groups (broad SMARTS) is 1.